The van der Waals surface area contributed by atoms with Gasteiger partial charge in [-0.1, -0.05) is 22.9 Å². The molecule has 0 aliphatic carbocycles. The normalized spacial score (nSPS) is 10.5. The summed E-state index contributed by atoms with van der Waals surface area (Å²) in [4.78, 5) is 13.7. The minimum absolute atomic E-state index is 0.0218. The Morgan fingerprint density at radius 3 is 2.62 bits per heavy atom. The van der Waals surface area contributed by atoms with Gasteiger partial charge in [-0.25, -0.2) is 0 Å². The van der Waals surface area contributed by atoms with Crippen LogP contribution >= 0.6 is 15.9 Å². The highest BCUT2D eigenvalue weighted by atomic mass is 79.9. The summed E-state index contributed by atoms with van der Waals surface area (Å²) >= 11 is 3.54. The largest absolute Gasteiger partial charge is 0.484 e. The van der Waals surface area contributed by atoms with Gasteiger partial charge in [-0.3, -0.25) is 4.79 Å². The standard InChI is InChI=1S/C16H25BrN2O2/c1-4-9-18-11-13-10-14(7-8-15(13)17)21-12-16(20)19(5-2)6-3/h7-8,10,18H,4-6,9,11-12H2,1-3H3. The molecule has 0 radical (unpaired) electrons. The van der Waals surface area contributed by atoms with Crippen molar-refractivity contribution >= 4 is 21.8 Å². The molecule has 0 saturated heterocycles. The highest BCUT2D eigenvalue weighted by molar-refractivity contribution is 9.10. The molecule has 0 aliphatic heterocycles. The molecular weight excluding hydrogens is 332 g/mol. The molecule has 0 heterocycles. The molecule has 0 aliphatic rings. The van der Waals surface area contributed by atoms with Gasteiger partial charge >= 0.3 is 0 Å². The molecule has 0 bridgehead atoms. The van der Waals surface area contributed by atoms with E-state index in [4.69, 9.17) is 4.74 Å². The Morgan fingerprint density at radius 2 is 2.00 bits per heavy atom. The van der Waals surface area contributed by atoms with E-state index in [1.54, 1.807) is 4.90 Å². The summed E-state index contributed by atoms with van der Waals surface area (Å²) in [5.74, 6) is 0.751. The monoisotopic (exact) mass is 356 g/mol. The maximum absolute atomic E-state index is 11.9. The quantitative estimate of drug-likeness (QED) is 0.690. The highest BCUT2D eigenvalue weighted by Gasteiger charge is 2.10. The molecule has 1 aromatic rings. The number of carbonyl (C=O) groups is 1. The molecule has 1 amide bonds. The van der Waals surface area contributed by atoms with Crippen LogP contribution in [0.3, 0.4) is 0 Å². The van der Waals surface area contributed by atoms with Gasteiger partial charge in [-0.15, -0.1) is 0 Å². The van der Waals surface area contributed by atoms with Crippen LogP contribution in [0.25, 0.3) is 0 Å². The second kappa shape index (κ2) is 9.79. The lowest BCUT2D eigenvalue weighted by molar-refractivity contribution is -0.132. The van der Waals surface area contributed by atoms with Crippen LogP contribution in [0.5, 0.6) is 5.75 Å². The minimum atomic E-state index is 0.0218. The number of nitrogens with one attached hydrogen (secondary N) is 1. The van der Waals surface area contributed by atoms with Gasteiger partial charge in [-0.05, 0) is 50.6 Å². The summed E-state index contributed by atoms with van der Waals surface area (Å²) in [5, 5.41) is 3.36. The Balaban J connectivity index is 2.59. The summed E-state index contributed by atoms with van der Waals surface area (Å²) in [6, 6.07) is 5.81. The zero-order chi connectivity index (χ0) is 15.7. The van der Waals surface area contributed by atoms with Crippen LogP contribution in [-0.2, 0) is 11.3 Å². The molecule has 0 aromatic heterocycles. The fourth-order valence-corrected chi connectivity index (χ4v) is 2.38. The zero-order valence-corrected chi connectivity index (χ0v) is 14.7. The van der Waals surface area contributed by atoms with Crippen LogP contribution in [0.1, 0.15) is 32.8 Å². The molecule has 5 heteroatoms. The summed E-state index contributed by atoms with van der Waals surface area (Å²) in [6.07, 6.45) is 1.10. The van der Waals surface area contributed by atoms with Crippen molar-refractivity contribution in [2.24, 2.45) is 0 Å². The number of amides is 1. The van der Waals surface area contributed by atoms with Crippen molar-refractivity contribution in [1.82, 2.24) is 10.2 Å². The first kappa shape index (κ1) is 18.0. The van der Waals surface area contributed by atoms with Crippen LogP contribution in [0.15, 0.2) is 22.7 Å². The zero-order valence-electron chi connectivity index (χ0n) is 13.1. The van der Waals surface area contributed by atoms with Gasteiger partial charge in [0.05, 0.1) is 0 Å². The van der Waals surface area contributed by atoms with E-state index in [1.165, 1.54) is 0 Å². The van der Waals surface area contributed by atoms with Crippen LogP contribution in [-0.4, -0.2) is 37.0 Å². The van der Waals surface area contributed by atoms with Gasteiger partial charge in [0.2, 0.25) is 0 Å². The number of ether oxygens (including phenoxy) is 1. The summed E-state index contributed by atoms with van der Waals surface area (Å²) in [6.45, 7) is 9.37. The van der Waals surface area contributed by atoms with Crippen LogP contribution < -0.4 is 10.1 Å². The Morgan fingerprint density at radius 1 is 1.29 bits per heavy atom. The Bertz CT molecular complexity index is 448. The van der Waals surface area contributed by atoms with E-state index in [2.05, 4.69) is 28.2 Å². The fraction of sp³-hybridized carbons (Fsp3) is 0.562. The molecule has 1 aromatic carbocycles. The molecule has 0 saturated carbocycles. The van der Waals surface area contributed by atoms with Crippen molar-refractivity contribution in [3.05, 3.63) is 28.2 Å². The number of nitrogens with zero attached hydrogens (tertiary/aromatic N) is 1. The van der Waals surface area contributed by atoms with E-state index in [-0.39, 0.29) is 12.5 Å². The second-order valence-corrected chi connectivity index (χ2v) is 5.64. The summed E-state index contributed by atoms with van der Waals surface area (Å²) in [7, 11) is 0. The molecule has 118 valence electrons. The molecule has 21 heavy (non-hydrogen) atoms. The number of hydrogen-bond donors (Lipinski definition) is 1. The summed E-state index contributed by atoms with van der Waals surface area (Å²) in [5.41, 5.74) is 1.14. The molecule has 0 atom stereocenters. The molecular formula is C16H25BrN2O2. The first-order valence-corrected chi connectivity index (χ1v) is 8.31. The minimum Gasteiger partial charge on any atom is -0.484 e. The third-order valence-electron chi connectivity index (χ3n) is 3.24. The maximum Gasteiger partial charge on any atom is 0.260 e. The predicted molar refractivity (Wildman–Crippen MR) is 89.6 cm³/mol. The average Bonchev–Trinajstić information content (AvgIpc) is 2.49. The second-order valence-electron chi connectivity index (χ2n) is 4.78. The SMILES string of the molecule is CCCNCc1cc(OCC(=O)N(CC)CC)ccc1Br. The van der Waals surface area contributed by atoms with E-state index in [0.29, 0.717) is 13.1 Å². The highest BCUT2D eigenvalue weighted by Crippen LogP contribution is 2.22. The topological polar surface area (TPSA) is 41.6 Å². The molecule has 0 fully saturated rings. The maximum atomic E-state index is 11.9. The lowest BCUT2D eigenvalue weighted by Crippen LogP contribution is -2.34. The van der Waals surface area contributed by atoms with E-state index in [1.807, 2.05) is 32.0 Å². The number of benzene rings is 1. The predicted octanol–water partition coefficient (Wildman–Crippen LogP) is 3.20. The Kier molecular flexibility index (Phi) is 8.38. The van der Waals surface area contributed by atoms with Crippen molar-refractivity contribution in [2.75, 3.05) is 26.2 Å². The molecule has 0 spiro atoms. The molecule has 4 nitrogen and oxygen atoms in total. The Labute approximate surface area is 136 Å². The van der Waals surface area contributed by atoms with Crippen LogP contribution in [0.2, 0.25) is 0 Å². The smallest absolute Gasteiger partial charge is 0.260 e. The number of halogens is 1. The van der Waals surface area contributed by atoms with E-state index >= 15 is 0 Å². The van der Waals surface area contributed by atoms with Gasteiger partial charge in [-0.2, -0.15) is 0 Å². The van der Waals surface area contributed by atoms with Gasteiger partial charge < -0.3 is 15.0 Å². The average molecular weight is 357 g/mol. The molecule has 0 unspecified atom stereocenters. The first-order chi connectivity index (χ1) is 10.1. The third kappa shape index (κ3) is 6.06. The van der Waals surface area contributed by atoms with E-state index in [9.17, 15) is 4.79 Å². The molecule has 1 N–H and O–H groups in total. The number of likely N-dealkylation sites (N-methyl/N-ethyl adjacent to an activating group) is 1. The first-order valence-electron chi connectivity index (χ1n) is 7.52. The number of carbonyl (C=O) groups excluding carboxylic acids is 1. The van der Waals surface area contributed by atoms with E-state index < -0.39 is 0 Å². The van der Waals surface area contributed by atoms with Crippen molar-refractivity contribution in [1.29, 1.82) is 0 Å². The van der Waals surface area contributed by atoms with Crippen LogP contribution in [0.4, 0.5) is 0 Å². The Hall–Kier alpha value is -1.07. The van der Waals surface area contributed by atoms with Crippen molar-refractivity contribution in [3.63, 3.8) is 0 Å². The fourth-order valence-electron chi connectivity index (χ4n) is 1.99. The van der Waals surface area contributed by atoms with Gasteiger partial charge in [0, 0.05) is 24.1 Å². The van der Waals surface area contributed by atoms with Crippen LogP contribution in [0, 0.1) is 0 Å². The number of rotatable bonds is 9. The van der Waals surface area contributed by atoms with Gasteiger partial charge in [0.1, 0.15) is 5.75 Å². The molecule has 1 rings (SSSR count). The van der Waals surface area contributed by atoms with Gasteiger partial charge in [0.25, 0.3) is 5.91 Å². The van der Waals surface area contributed by atoms with E-state index in [0.717, 1.165) is 35.3 Å². The summed E-state index contributed by atoms with van der Waals surface area (Å²) < 4.78 is 6.66. The van der Waals surface area contributed by atoms with Crippen molar-refractivity contribution < 1.29 is 9.53 Å². The number of hydrogen-bond acceptors (Lipinski definition) is 3. The van der Waals surface area contributed by atoms with Gasteiger partial charge in [0.15, 0.2) is 6.61 Å². The van der Waals surface area contributed by atoms with Crippen molar-refractivity contribution in [3.8, 4) is 5.75 Å². The lowest BCUT2D eigenvalue weighted by atomic mass is 10.2. The lowest BCUT2D eigenvalue weighted by Gasteiger charge is -2.19. The third-order valence-corrected chi connectivity index (χ3v) is 4.01. The van der Waals surface area contributed by atoms with Crippen molar-refractivity contribution in [2.45, 2.75) is 33.7 Å².